The zero-order chi connectivity index (χ0) is 12.8. The van der Waals surface area contributed by atoms with Crippen LogP contribution in [0.4, 0.5) is 5.82 Å². The summed E-state index contributed by atoms with van der Waals surface area (Å²) in [4.78, 5) is 11.0. The number of hydrogen-bond acceptors (Lipinski definition) is 4. The molecule has 0 fully saturated rings. The Kier molecular flexibility index (Phi) is 5.35. The molecule has 1 aromatic heterocycles. The lowest BCUT2D eigenvalue weighted by Crippen LogP contribution is -2.25. The number of hydrogen-bond donors (Lipinski definition) is 1. The maximum atomic E-state index is 4.43. The molecule has 0 aliphatic rings. The first-order valence-corrected chi connectivity index (χ1v) is 6.24. The molecule has 0 unspecified atom stereocenters. The molecule has 0 radical (unpaired) electrons. The van der Waals surface area contributed by atoms with E-state index >= 15 is 0 Å². The molecular weight excluding hydrogens is 212 g/mol. The van der Waals surface area contributed by atoms with Crippen LogP contribution in [0, 0.1) is 5.92 Å². The molecule has 1 aromatic rings. The molecule has 1 heterocycles. The molecule has 0 aliphatic heterocycles. The zero-order valence-electron chi connectivity index (χ0n) is 11.6. The summed E-state index contributed by atoms with van der Waals surface area (Å²) in [7, 11) is 2.05. The quantitative estimate of drug-likeness (QED) is 0.821. The topological polar surface area (TPSA) is 41.1 Å². The number of nitrogens with zero attached hydrogens (tertiary/aromatic N) is 3. The van der Waals surface area contributed by atoms with Gasteiger partial charge in [0, 0.05) is 26.2 Å². The summed E-state index contributed by atoms with van der Waals surface area (Å²) in [6.07, 6.45) is 3.70. The molecule has 1 N–H and O–H groups in total. The van der Waals surface area contributed by atoms with Crippen molar-refractivity contribution in [3.05, 3.63) is 18.1 Å². The van der Waals surface area contributed by atoms with Crippen molar-refractivity contribution < 1.29 is 0 Å². The largest absolute Gasteiger partial charge is 0.358 e. The van der Waals surface area contributed by atoms with E-state index in [2.05, 4.69) is 54.9 Å². The van der Waals surface area contributed by atoms with Gasteiger partial charge in [-0.05, 0) is 5.92 Å². The molecule has 0 atom stereocenters. The molecule has 4 nitrogen and oxygen atoms in total. The number of nitrogens with one attached hydrogen (secondary N) is 1. The van der Waals surface area contributed by atoms with Gasteiger partial charge in [0.05, 0.1) is 18.1 Å². The molecule has 0 aliphatic carbocycles. The van der Waals surface area contributed by atoms with Gasteiger partial charge < -0.3 is 10.2 Å². The van der Waals surface area contributed by atoms with Gasteiger partial charge in [0.2, 0.25) is 0 Å². The minimum atomic E-state index is 0.472. The van der Waals surface area contributed by atoms with E-state index in [1.54, 1.807) is 0 Å². The van der Waals surface area contributed by atoms with E-state index in [1.807, 2.05) is 12.4 Å². The van der Waals surface area contributed by atoms with E-state index in [0.29, 0.717) is 12.0 Å². The van der Waals surface area contributed by atoms with Gasteiger partial charge in [-0.15, -0.1) is 0 Å². The van der Waals surface area contributed by atoms with Crippen LogP contribution in [0.3, 0.4) is 0 Å². The summed E-state index contributed by atoms with van der Waals surface area (Å²) in [5.74, 6) is 1.57. The summed E-state index contributed by atoms with van der Waals surface area (Å²) < 4.78 is 0. The van der Waals surface area contributed by atoms with Gasteiger partial charge >= 0.3 is 0 Å². The molecule has 0 aromatic carbocycles. The first-order chi connectivity index (χ1) is 7.99. The van der Waals surface area contributed by atoms with E-state index in [-0.39, 0.29) is 0 Å². The average Bonchev–Trinajstić information content (AvgIpc) is 2.26. The van der Waals surface area contributed by atoms with Crippen molar-refractivity contribution in [2.45, 2.75) is 40.3 Å². The van der Waals surface area contributed by atoms with Crippen LogP contribution >= 0.6 is 0 Å². The highest BCUT2D eigenvalue weighted by atomic mass is 15.2. The third-order valence-electron chi connectivity index (χ3n) is 2.41. The Balaban J connectivity index is 2.55. The van der Waals surface area contributed by atoms with Gasteiger partial charge in [-0.2, -0.15) is 0 Å². The number of aromatic nitrogens is 2. The minimum Gasteiger partial charge on any atom is -0.358 e. The maximum Gasteiger partial charge on any atom is 0.146 e. The molecule has 0 amide bonds. The lowest BCUT2D eigenvalue weighted by molar-refractivity contribution is 0.579. The normalized spacial score (nSPS) is 11.2. The highest BCUT2D eigenvalue weighted by Gasteiger charge is 2.05. The zero-order valence-corrected chi connectivity index (χ0v) is 11.6. The standard InChI is InChI=1S/C13H24N4/c1-10(2)9-17(5)13-8-15-12(7-16-13)6-14-11(3)4/h7-8,10-11,14H,6,9H2,1-5H3. The Morgan fingerprint density at radius 2 is 1.88 bits per heavy atom. The van der Waals surface area contributed by atoms with Crippen molar-refractivity contribution in [1.29, 1.82) is 0 Å². The predicted octanol–water partition coefficient (Wildman–Crippen LogP) is 2.07. The molecule has 4 heteroatoms. The fraction of sp³-hybridized carbons (Fsp3) is 0.692. The average molecular weight is 236 g/mol. The van der Waals surface area contributed by atoms with Crippen molar-refractivity contribution in [3.63, 3.8) is 0 Å². The second-order valence-corrected chi connectivity index (χ2v) is 5.18. The molecule has 0 spiro atoms. The SMILES string of the molecule is CC(C)CN(C)c1cnc(CNC(C)C)cn1. The smallest absolute Gasteiger partial charge is 0.146 e. The van der Waals surface area contributed by atoms with Crippen molar-refractivity contribution in [3.8, 4) is 0 Å². The molecular formula is C13H24N4. The summed E-state index contributed by atoms with van der Waals surface area (Å²) in [5.41, 5.74) is 0.986. The molecule has 0 saturated carbocycles. The van der Waals surface area contributed by atoms with Crippen molar-refractivity contribution in [1.82, 2.24) is 15.3 Å². The summed E-state index contributed by atoms with van der Waals surface area (Å²) in [6.45, 7) is 10.4. The van der Waals surface area contributed by atoms with Crippen LogP contribution in [0.15, 0.2) is 12.4 Å². The van der Waals surface area contributed by atoms with Crippen LogP contribution in [0.2, 0.25) is 0 Å². The van der Waals surface area contributed by atoms with E-state index in [0.717, 1.165) is 24.6 Å². The fourth-order valence-electron chi connectivity index (χ4n) is 1.59. The molecule has 1 rings (SSSR count). The lowest BCUT2D eigenvalue weighted by atomic mass is 10.2. The summed E-state index contributed by atoms with van der Waals surface area (Å²) in [5, 5.41) is 3.33. The predicted molar refractivity (Wildman–Crippen MR) is 72.1 cm³/mol. The van der Waals surface area contributed by atoms with Crippen molar-refractivity contribution >= 4 is 5.82 Å². The summed E-state index contributed by atoms with van der Waals surface area (Å²) in [6, 6.07) is 0.472. The van der Waals surface area contributed by atoms with E-state index in [1.165, 1.54) is 0 Å². The molecule has 17 heavy (non-hydrogen) atoms. The van der Waals surface area contributed by atoms with Crippen molar-refractivity contribution in [2.75, 3.05) is 18.5 Å². The second-order valence-electron chi connectivity index (χ2n) is 5.18. The Morgan fingerprint density at radius 3 is 2.35 bits per heavy atom. The van der Waals surface area contributed by atoms with Crippen LogP contribution in [0.1, 0.15) is 33.4 Å². The van der Waals surface area contributed by atoms with E-state index in [9.17, 15) is 0 Å². The summed E-state index contributed by atoms with van der Waals surface area (Å²) >= 11 is 0. The monoisotopic (exact) mass is 236 g/mol. The first kappa shape index (κ1) is 13.9. The maximum absolute atomic E-state index is 4.43. The second kappa shape index (κ2) is 6.55. The minimum absolute atomic E-state index is 0.472. The third-order valence-corrected chi connectivity index (χ3v) is 2.41. The van der Waals surface area contributed by atoms with Crippen LogP contribution in [0.5, 0.6) is 0 Å². The highest BCUT2D eigenvalue weighted by molar-refractivity contribution is 5.34. The highest BCUT2D eigenvalue weighted by Crippen LogP contribution is 2.09. The van der Waals surface area contributed by atoms with Crippen LogP contribution in [-0.4, -0.2) is 29.6 Å². The van der Waals surface area contributed by atoms with Gasteiger partial charge in [-0.25, -0.2) is 4.98 Å². The van der Waals surface area contributed by atoms with Crippen LogP contribution < -0.4 is 10.2 Å². The first-order valence-electron chi connectivity index (χ1n) is 6.24. The van der Waals surface area contributed by atoms with E-state index in [4.69, 9.17) is 0 Å². The molecule has 0 saturated heterocycles. The molecule has 0 bridgehead atoms. The van der Waals surface area contributed by atoms with Gasteiger partial charge in [0.25, 0.3) is 0 Å². The Hall–Kier alpha value is -1.16. The van der Waals surface area contributed by atoms with Gasteiger partial charge in [-0.3, -0.25) is 4.98 Å². The van der Waals surface area contributed by atoms with Gasteiger partial charge in [0.15, 0.2) is 0 Å². The Morgan fingerprint density at radius 1 is 1.18 bits per heavy atom. The fourth-order valence-corrected chi connectivity index (χ4v) is 1.59. The third kappa shape index (κ3) is 5.13. The molecule has 96 valence electrons. The van der Waals surface area contributed by atoms with Crippen molar-refractivity contribution in [2.24, 2.45) is 5.92 Å². The number of anilines is 1. The Labute approximate surface area is 104 Å². The van der Waals surface area contributed by atoms with Gasteiger partial charge in [-0.1, -0.05) is 27.7 Å². The Bertz CT molecular complexity index is 319. The lowest BCUT2D eigenvalue weighted by Gasteiger charge is -2.20. The van der Waals surface area contributed by atoms with Crippen LogP contribution in [-0.2, 0) is 6.54 Å². The number of rotatable bonds is 6. The van der Waals surface area contributed by atoms with Crippen LogP contribution in [0.25, 0.3) is 0 Å². The van der Waals surface area contributed by atoms with Gasteiger partial charge in [0.1, 0.15) is 5.82 Å². The van der Waals surface area contributed by atoms with E-state index < -0.39 is 0 Å².